The summed E-state index contributed by atoms with van der Waals surface area (Å²) in [6.07, 6.45) is 9.72. The SMILES string of the molecule is Cc1cc2[nH]c([C@@H]3[C@@H](C)CCN3C3=C(F)[CH]C(c4ncccn4)C=C3)nc2cc1Cl. The van der Waals surface area contributed by atoms with E-state index >= 15 is 4.39 Å². The Balaban J connectivity index is 1.46. The molecule has 3 heterocycles. The van der Waals surface area contributed by atoms with E-state index in [9.17, 15) is 0 Å². The molecule has 1 saturated heterocycles. The van der Waals surface area contributed by atoms with Gasteiger partial charge in [0.2, 0.25) is 0 Å². The number of aromatic nitrogens is 4. The molecule has 0 saturated carbocycles. The van der Waals surface area contributed by atoms with Crippen molar-refractivity contribution in [3.8, 4) is 0 Å². The highest BCUT2D eigenvalue weighted by Crippen LogP contribution is 2.42. The van der Waals surface area contributed by atoms with Crippen LogP contribution < -0.4 is 0 Å². The van der Waals surface area contributed by atoms with Gasteiger partial charge in [-0.3, -0.25) is 0 Å². The topological polar surface area (TPSA) is 57.7 Å². The van der Waals surface area contributed by atoms with Gasteiger partial charge in [-0.1, -0.05) is 24.6 Å². The van der Waals surface area contributed by atoms with Gasteiger partial charge in [-0.15, -0.1) is 0 Å². The first-order valence-corrected chi connectivity index (χ1v) is 10.5. The van der Waals surface area contributed by atoms with Crippen LogP contribution in [0.2, 0.25) is 5.02 Å². The molecule has 30 heavy (non-hydrogen) atoms. The number of halogens is 2. The van der Waals surface area contributed by atoms with Crippen LogP contribution in [0.5, 0.6) is 0 Å². The molecular weight excluding hydrogens is 401 g/mol. The molecule has 1 N–H and O–H groups in total. The second-order valence-electron chi connectivity index (χ2n) is 8.04. The molecule has 1 unspecified atom stereocenters. The molecule has 3 aromatic rings. The van der Waals surface area contributed by atoms with Gasteiger partial charge in [-0.2, -0.15) is 0 Å². The predicted molar refractivity (Wildman–Crippen MR) is 115 cm³/mol. The van der Waals surface area contributed by atoms with Crippen LogP contribution in [0.25, 0.3) is 11.0 Å². The van der Waals surface area contributed by atoms with Gasteiger partial charge in [0.1, 0.15) is 17.5 Å². The second kappa shape index (κ2) is 7.51. The summed E-state index contributed by atoms with van der Waals surface area (Å²) in [6, 6.07) is 5.62. The maximum absolute atomic E-state index is 15.2. The molecule has 1 aliphatic carbocycles. The Bertz CT molecular complexity index is 1110. The number of nitrogens with zero attached hydrogens (tertiary/aromatic N) is 4. The number of aryl methyl sites for hydroxylation is 1. The lowest BCUT2D eigenvalue weighted by Crippen LogP contribution is -2.27. The molecule has 5 rings (SSSR count). The van der Waals surface area contributed by atoms with Crippen LogP contribution in [0.4, 0.5) is 4.39 Å². The molecule has 153 valence electrons. The summed E-state index contributed by atoms with van der Waals surface area (Å²) in [5.41, 5.74) is 3.38. The van der Waals surface area contributed by atoms with E-state index in [1.165, 1.54) is 0 Å². The van der Waals surface area contributed by atoms with Crippen molar-refractivity contribution in [3.63, 3.8) is 0 Å². The molecule has 7 heteroatoms. The van der Waals surface area contributed by atoms with Crippen LogP contribution >= 0.6 is 11.6 Å². The van der Waals surface area contributed by atoms with Gasteiger partial charge in [0.15, 0.2) is 0 Å². The molecule has 3 atom stereocenters. The van der Waals surface area contributed by atoms with E-state index in [-0.39, 0.29) is 17.8 Å². The quantitative estimate of drug-likeness (QED) is 0.610. The van der Waals surface area contributed by atoms with Crippen molar-refractivity contribution in [2.24, 2.45) is 5.92 Å². The lowest BCUT2D eigenvalue weighted by atomic mass is 9.96. The van der Waals surface area contributed by atoms with Crippen LogP contribution in [0.3, 0.4) is 0 Å². The predicted octanol–water partition coefficient (Wildman–Crippen LogP) is 5.44. The zero-order valence-electron chi connectivity index (χ0n) is 16.8. The maximum atomic E-state index is 15.2. The number of fused-ring (bicyclic) bond motifs is 1. The minimum absolute atomic E-state index is 0.0280. The number of hydrogen-bond donors (Lipinski definition) is 1. The third-order valence-electron chi connectivity index (χ3n) is 5.99. The van der Waals surface area contributed by atoms with Crippen LogP contribution in [-0.2, 0) is 0 Å². The molecule has 5 nitrogen and oxygen atoms in total. The first-order valence-electron chi connectivity index (χ1n) is 10.1. The van der Waals surface area contributed by atoms with Crippen molar-refractivity contribution in [3.05, 3.63) is 82.9 Å². The number of hydrogen-bond acceptors (Lipinski definition) is 4. The van der Waals surface area contributed by atoms with Crippen LogP contribution in [-0.4, -0.2) is 31.4 Å². The first kappa shape index (κ1) is 19.2. The molecule has 0 spiro atoms. The fraction of sp³-hybridized carbons (Fsp3) is 0.304. The molecule has 1 radical (unpaired) electrons. The van der Waals surface area contributed by atoms with Crippen molar-refractivity contribution >= 4 is 22.6 Å². The van der Waals surface area contributed by atoms with Gasteiger partial charge >= 0.3 is 0 Å². The Labute approximate surface area is 179 Å². The monoisotopic (exact) mass is 422 g/mol. The summed E-state index contributed by atoms with van der Waals surface area (Å²) < 4.78 is 15.2. The largest absolute Gasteiger partial charge is 0.359 e. The Morgan fingerprint density at radius 2 is 2.03 bits per heavy atom. The highest BCUT2D eigenvalue weighted by Gasteiger charge is 2.37. The Hall–Kier alpha value is -2.73. The normalized spacial score (nSPS) is 24.3. The van der Waals surface area contributed by atoms with E-state index in [1.54, 1.807) is 24.9 Å². The van der Waals surface area contributed by atoms with E-state index in [4.69, 9.17) is 16.6 Å². The molecule has 2 aliphatic rings. The summed E-state index contributed by atoms with van der Waals surface area (Å²) in [5, 5.41) is 0.699. The summed E-state index contributed by atoms with van der Waals surface area (Å²) >= 11 is 6.27. The van der Waals surface area contributed by atoms with E-state index in [1.807, 2.05) is 31.2 Å². The number of imidazole rings is 1. The Kier molecular flexibility index (Phi) is 4.82. The van der Waals surface area contributed by atoms with Crippen molar-refractivity contribution in [1.82, 2.24) is 24.8 Å². The van der Waals surface area contributed by atoms with Crippen molar-refractivity contribution < 1.29 is 4.39 Å². The summed E-state index contributed by atoms with van der Waals surface area (Å²) in [5.74, 6) is 1.28. The second-order valence-corrected chi connectivity index (χ2v) is 8.44. The van der Waals surface area contributed by atoms with Gasteiger partial charge < -0.3 is 9.88 Å². The molecule has 1 aliphatic heterocycles. The molecule has 1 aromatic carbocycles. The average molecular weight is 423 g/mol. The Morgan fingerprint density at radius 1 is 1.23 bits per heavy atom. The zero-order valence-corrected chi connectivity index (χ0v) is 17.6. The Morgan fingerprint density at radius 3 is 2.80 bits per heavy atom. The summed E-state index contributed by atoms with van der Waals surface area (Å²) in [6.45, 7) is 4.93. The average Bonchev–Trinajstić information content (AvgIpc) is 3.31. The lowest BCUT2D eigenvalue weighted by molar-refractivity contribution is 0.282. The third kappa shape index (κ3) is 3.29. The fourth-order valence-electron chi connectivity index (χ4n) is 4.38. The summed E-state index contributed by atoms with van der Waals surface area (Å²) in [4.78, 5) is 18.9. The van der Waals surface area contributed by atoms with Crippen molar-refractivity contribution in [2.45, 2.75) is 32.2 Å². The maximum Gasteiger partial charge on any atom is 0.135 e. The third-order valence-corrected chi connectivity index (χ3v) is 6.39. The fourth-order valence-corrected chi connectivity index (χ4v) is 4.54. The summed E-state index contributed by atoms with van der Waals surface area (Å²) in [7, 11) is 0. The molecule has 0 bridgehead atoms. The highest BCUT2D eigenvalue weighted by molar-refractivity contribution is 6.32. The van der Waals surface area contributed by atoms with Gasteiger partial charge in [-0.25, -0.2) is 19.3 Å². The molecule has 2 aromatic heterocycles. The lowest BCUT2D eigenvalue weighted by Gasteiger charge is -2.30. The van der Waals surface area contributed by atoms with Crippen LogP contribution in [0.15, 0.2) is 54.3 Å². The number of likely N-dealkylation sites (tertiary alicyclic amines) is 1. The first-order chi connectivity index (χ1) is 14.5. The smallest absolute Gasteiger partial charge is 0.135 e. The van der Waals surface area contributed by atoms with E-state index in [0.717, 1.165) is 35.4 Å². The van der Waals surface area contributed by atoms with Gasteiger partial charge in [0.05, 0.1) is 22.8 Å². The molecular formula is C23H22ClFN5. The zero-order chi connectivity index (χ0) is 20.8. The number of benzene rings is 1. The minimum Gasteiger partial charge on any atom is -0.359 e. The highest BCUT2D eigenvalue weighted by atomic mass is 35.5. The van der Waals surface area contributed by atoms with E-state index in [2.05, 4.69) is 26.8 Å². The van der Waals surface area contributed by atoms with Gasteiger partial charge in [0.25, 0.3) is 0 Å². The van der Waals surface area contributed by atoms with Crippen LogP contribution in [0.1, 0.15) is 42.5 Å². The number of allylic oxidation sites excluding steroid dienone is 3. The number of nitrogens with one attached hydrogen (secondary N) is 1. The van der Waals surface area contributed by atoms with Gasteiger partial charge in [0, 0.05) is 36.3 Å². The molecule has 1 fully saturated rings. The van der Waals surface area contributed by atoms with Gasteiger partial charge in [-0.05, 0) is 49.1 Å². The molecule has 0 amide bonds. The number of H-pyrrole nitrogens is 1. The number of rotatable bonds is 3. The van der Waals surface area contributed by atoms with Crippen LogP contribution in [0, 0.1) is 19.3 Å². The standard InChI is InChI=1S/C23H22ClFN5/c1-13-6-9-30(20-5-4-15(11-17(20)25)22-26-7-3-8-27-22)21(13)23-28-18-10-14(2)16(24)12-19(18)29-23/h3-5,7-8,10-13,15,21H,6,9H2,1-2H3,(H,28,29)/t13-,15?,21-/m0/s1. The number of aromatic amines is 1. The van der Waals surface area contributed by atoms with E-state index in [0.29, 0.717) is 22.5 Å². The minimum atomic E-state index is -0.259. The van der Waals surface area contributed by atoms with Crippen molar-refractivity contribution in [2.75, 3.05) is 6.54 Å². The van der Waals surface area contributed by atoms with E-state index < -0.39 is 0 Å². The van der Waals surface area contributed by atoms with Crippen molar-refractivity contribution in [1.29, 1.82) is 0 Å².